The third kappa shape index (κ3) is 2.81. The molecule has 2 aliphatic rings. The Kier molecular flexibility index (Phi) is 3.98. The fourth-order valence-electron chi connectivity index (χ4n) is 4.39. The van der Waals surface area contributed by atoms with Gasteiger partial charge in [0, 0.05) is 49.0 Å². The van der Waals surface area contributed by atoms with Crippen molar-refractivity contribution in [3.63, 3.8) is 0 Å². The molecular weight excluding hydrogens is 346 g/mol. The second kappa shape index (κ2) is 6.49. The Morgan fingerprint density at radius 2 is 2.08 bits per heavy atom. The van der Waals surface area contributed by atoms with Crippen molar-refractivity contribution in [3.05, 3.63) is 65.2 Å². The molecule has 1 saturated heterocycles. The van der Waals surface area contributed by atoms with Crippen LogP contribution in [0.3, 0.4) is 0 Å². The fourth-order valence-corrected chi connectivity index (χ4v) is 4.60. The van der Waals surface area contributed by atoms with E-state index in [2.05, 4.69) is 42.8 Å². The molecule has 0 spiro atoms. The molecule has 132 valence electrons. The highest BCUT2D eigenvalue weighted by atomic mass is 35.5. The molecule has 0 bridgehead atoms. The van der Waals surface area contributed by atoms with Crippen LogP contribution in [0.25, 0.3) is 11.4 Å². The predicted molar refractivity (Wildman–Crippen MR) is 101 cm³/mol. The lowest BCUT2D eigenvalue weighted by molar-refractivity contribution is 0.313. The molecule has 0 unspecified atom stereocenters. The quantitative estimate of drug-likeness (QED) is 0.711. The Hall–Kier alpha value is -2.24. The van der Waals surface area contributed by atoms with Crippen molar-refractivity contribution >= 4 is 11.6 Å². The van der Waals surface area contributed by atoms with Gasteiger partial charge in [0.15, 0.2) is 5.82 Å². The molecule has 0 amide bonds. The first kappa shape index (κ1) is 16.0. The zero-order valence-electron chi connectivity index (χ0n) is 14.4. The monoisotopic (exact) mass is 365 g/mol. The standard InChI is InChI=1S/C20H20ClN5/c21-17-5-1-3-14(9-17)11-25-12-16-6-7-19-23-24-20(26(19)18(16)13-25)15-4-2-8-22-10-15/h1-5,8-10,16,18H,6-7,11-13H2/t16-,18+/m1/s1. The van der Waals surface area contributed by atoms with E-state index in [0.29, 0.717) is 12.0 Å². The van der Waals surface area contributed by atoms with E-state index in [1.54, 1.807) is 6.20 Å². The van der Waals surface area contributed by atoms with Gasteiger partial charge < -0.3 is 4.57 Å². The normalized spacial score (nSPS) is 22.2. The number of aromatic nitrogens is 4. The van der Waals surface area contributed by atoms with Gasteiger partial charge in [-0.3, -0.25) is 9.88 Å². The number of pyridine rings is 1. The SMILES string of the molecule is Clc1cccc(CN2C[C@H]3CCc4nnc(-c5cccnc5)n4[C@H]3C2)c1. The first-order chi connectivity index (χ1) is 12.8. The van der Waals surface area contributed by atoms with Crippen molar-refractivity contribution in [3.8, 4) is 11.4 Å². The van der Waals surface area contributed by atoms with Crippen LogP contribution >= 0.6 is 11.6 Å². The summed E-state index contributed by atoms with van der Waals surface area (Å²) in [5, 5.41) is 9.75. The van der Waals surface area contributed by atoms with Crippen molar-refractivity contribution in [2.45, 2.75) is 25.4 Å². The van der Waals surface area contributed by atoms with E-state index in [0.717, 1.165) is 48.3 Å². The number of fused-ring (bicyclic) bond motifs is 3. The van der Waals surface area contributed by atoms with Crippen LogP contribution in [0.5, 0.6) is 0 Å². The molecule has 0 saturated carbocycles. The summed E-state index contributed by atoms with van der Waals surface area (Å²) in [4.78, 5) is 6.78. The number of halogens is 1. The molecule has 26 heavy (non-hydrogen) atoms. The Bertz CT molecular complexity index is 923. The van der Waals surface area contributed by atoms with Gasteiger partial charge in [-0.2, -0.15) is 0 Å². The number of aryl methyl sites for hydroxylation is 1. The Balaban J connectivity index is 1.43. The average Bonchev–Trinajstić information content (AvgIpc) is 3.25. The van der Waals surface area contributed by atoms with Crippen LogP contribution < -0.4 is 0 Å². The van der Waals surface area contributed by atoms with E-state index < -0.39 is 0 Å². The molecular formula is C20H20ClN5. The Morgan fingerprint density at radius 1 is 1.12 bits per heavy atom. The largest absolute Gasteiger partial charge is 0.306 e. The average molecular weight is 366 g/mol. The molecule has 2 aromatic heterocycles. The van der Waals surface area contributed by atoms with Crippen LogP contribution in [0.15, 0.2) is 48.8 Å². The number of hydrogen-bond acceptors (Lipinski definition) is 4. The van der Waals surface area contributed by atoms with E-state index in [1.165, 1.54) is 12.0 Å². The Labute approximate surface area is 157 Å². The first-order valence-corrected chi connectivity index (χ1v) is 9.47. The minimum absolute atomic E-state index is 0.433. The smallest absolute Gasteiger partial charge is 0.165 e. The molecule has 6 heteroatoms. The summed E-state index contributed by atoms with van der Waals surface area (Å²) in [6.45, 7) is 3.07. The summed E-state index contributed by atoms with van der Waals surface area (Å²) in [6.07, 6.45) is 5.85. The maximum absolute atomic E-state index is 6.15. The molecule has 1 aromatic carbocycles. The van der Waals surface area contributed by atoms with Gasteiger partial charge in [0.1, 0.15) is 5.82 Å². The van der Waals surface area contributed by atoms with Gasteiger partial charge in [-0.1, -0.05) is 23.7 Å². The number of rotatable bonds is 3. The highest BCUT2D eigenvalue weighted by Crippen LogP contribution is 2.39. The maximum atomic E-state index is 6.15. The zero-order chi connectivity index (χ0) is 17.5. The summed E-state index contributed by atoms with van der Waals surface area (Å²) < 4.78 is 2.36. The number of hydrogen-bond donors (Lipinski definition) is 0. The van der Waals surface area contributed by atoms with Gasteiger partial charge in [-0.05, 0) is 42.2 Å². The molecule has 2 atom stereocenters. The van der Waals surface area contributed by atoms with Crippen LogP contribution in [0.2, 0.25) is 5.02 Å². The van der Waals surface area contributed by atoms with Crippen LogP contribution in [-0.2, 0) is 13.0 Å². The molecule has 4 heterocycles. The van der Waals surface area contributed by atoms with Crippen LogP contribution in [0.4, 0.5) is 0 Å². The number of nitrogens with zero attached hydrogens (tertiary/aromatic N) is 5. The minimum atomic E-state index is 0.433. The molecule has 0 radical (unpaired) electrons. The molecule has 5 nitrogen and oxygen atoms in total. The van der Waals surface area contributed by atoms with E-state index in [-0.39, 0.29) is 0 Å². The fraction of sp³-hybridized carbons (Fsp3) is 0.350. The summed E-state index contributed by atoms with van der Waals surface area (Å²) in [6, 6.07) is 12.6. The lowest BCUT2D eigenvalue weighted by Crippen LogP contribution is -2.26. The molecule has 0 aliphatic carbocycles. The number of benzene rings is 1. The third-order valence-electron chi connectivity index (χ3n) is 5.53. The van der Waals surface area contributed by atoms with E-state index in [9.17, 15) is 0 Å². The van der Waals surface area contributed by atoms with Gasteiger partial charge in [-0.25, -0.2) is 0 Å². The maximum Gasteiger partial charge on any atom is 0.165 e. The molecule has 0 N–H and O–H groups in total. The summed E-state index contributed by atoms with van der Waals surface area (Å²) >= 11 is 6.15. The third-order valence-corrected chi connectivity index (χ3v) is 5.77. The van der Waals surface area contributed by atoms with Crippen molar-refractivity contribution in [2.24, 2.45) is 5.92 Å². The predicted octanol–water partition coefficient (Wildman–Crippen LogP) is 3.61. The Morgan fingerprint density at radius 3 is 2.92 bits per heavy atom. The number of likely N-dealkylation sites (tertiary alicyclic amines) is 1. The van der Waals surface area contributed by atoms with Gasteiger partial charge in [0.25, 0.3) is 0 Å². The van der Waals surface area contributed by atoms with Crippen LogP contribution in [-0.4, -0.2) is 37.7 Å². The van der Waals surface area contributed by atoms with Gasteiger partial charge in [0.05, 0.1) is 6.04 Å². The van der Waals surface area contributed by atoms with Crippen molar-refractivity contribution in [2.75, 3.05) is 13.1 Å². The second-order valence-corrected chi connectivity index (χ2v) is 7.68. The summed E-state index contributed by atoms with van der Waals surface area (Å²) in [7, 11) is 0. The summed E-state index contributed by atoms with van der Waals surface area (Å²) in [5.41, 5.74) is 2.31. The topological polar surface area (TPSA) is 46.8 Å². The summed E-state index contributed by atoms with van der Waals surface area (Å²) in [5.74, 6) is 2.70. The lowest BCUT2D eigenvalue weighted by Gasteiger charge is -2.27. The van der Waals surface area contributed by atoms with Crippen molar-refractivity contribution < 1.29 is 0 Å². The molecule has 3 aromatic rings. The van der Waals surface area contributed by atoms with Gasteiger partial charge in [-0.15, -0.1) is 10.2 Å². The van der Waals surface area contributed by atoms with Crippen LogP contribution in [0.1, 0.15) is 23.9 Å². The van der Waals surface area contributed by atoms with E-state index >= 15 is 0 Å². The molecule has 2 aliphatic heterocycles. The van der Waals surface area contributed by atoms with E-state index in [1.807, 2.05) is 24.4 Å². The lowest BCUT2D eigenvalue weighted by atomic mass is 9.93. The highest BCUT2D eigenvalue weighted by Gasteiger charge is 2.39. The molecule has 5 rings (SSSR count). The van der Waals surface area contributed by atoms with Crippen molar-refractivity contribution in [1.82, 2.24) is 24.6 Å². The highest BCUT2D eigenvalue weighted by molar-refractivity contribution is 6.30. The van der Waals surface area contributed by atoms with Gasteiger partial charge in [0.2, 0.25) is 0 Å². The molecule has 1 fully saturated rings. The zero-order valence-corrected chi connectivity index (χ0v) is 15.2. The van der Waals surface area contributed by atoms with Crippen LogP contribution in [0, 0.1) is 5.92 Å². The first-order valence-electron chi connectivity index (χ1n) is 9.09. The minimum Gasteiger partial charge on any atom is -0.306 e. The van der Waals surface area contributed by atoms with E-state index in [4.69, 9.17) is 11.6 Å². The van der Waals surface area contributed by atoms with Gasteiger partial charge >= 0.3 is 0 Å². The van der Waals surface area contributed by atoms with Crippen molar-refractivity contribution in [1.29, 1.82) is 0 Å². The second-order valence-electron chi connectivity index (χ2n) is 7.24.